The van der Waals surface area contributed by atoms with Crippen molar-refractivity contribution in [3.63, 3.8) is 0 Å². The Labute approximate surface area is 209 Å². The maximum absolute atomic E-state index is 14.5. The van der Waals surface area contributed by atoms with Crippen molar-refractivity contribution in [1.82, 2.24) is 4.90 Å². The summed E-state index contributed by atoms with van der Waals surface area (Å²) in [6.45, 7) is 9.42. The molecule has 2 bridgehead atoms. The molecule has 3 aliphatic heterocycles. The smallest absolute Gasteiger partial charge is 0.308 e. The van der Waals surface area contributed by atoms with E-state index in [1.54, 1.807) is 17.0 Å². The molecule has 0 saturated carbocycles. The van der Waals surface area contributed by atoms with E-state index in [4.69, 9.17) is 11.6 Å². The quantitative estimate of drug-likeness (QED) is 0.525. The van der Waals surface area contributed by atoms with E-state index >= 15 is 0 Å². The molecule has 3 heterocycles. The lowest BCUT2D eigenvalue weighted by atomic mass is 9.66. The summed E-state index contributed by atoms with van der Waals surface area (Å²) in [4.78, 5) is 43.7. The van der Waals surface area contributed by atoms with E-state index in [0.29, 0.717) is 23.6 Å². The zero-order valence-corrected chi connectivity index (χ0v) is 21.2. The molecule has 3 fully saturated rings. The summed E-state index contributed by atoms with van der Waals surface area (Å²) < 4.78 is -0.876. The van der Waals surface area contributed by atoms with E-state index in [9.17, 15) is 24.6 Å². The first kappa shape index (κ1) is 25.1. The van der Waals surface area contributed by atoms with E-state index in [2.05, 4.69) is 6.58 Å². The Hall–Kier alpha value is -2.03. The van der Waals surface area contributed by atoms with Gasteiger partial charge in [0.05, 0.1) is 39.9 Å². The van der Waals surface area contributed by atoms with Gasteiger partial charge >= 0.3 is 5.97 Å². The van der Waals surface area contributed by atoms with Crippen molar-refractivity contribution in [2.45, 2.75) is 55.7 Å². The van der Waals surface area contributed by atoms with Crippen LogP contribution < -0.4 is 4.90 Å². The SMILES string of the molecule is C=CCN(C(=O)C1N([C@@H](CC)CO)C(=O)[C@@H]2[C@H](C(=O)O)[C@@H]3CC(C)C12S3)c1c(C)cccc1Cl. The number of anilines is 1. The Morgan fingerprint density at radius 2 is 2.15 bits per heavy atom. The van der Waals surface area contributed by atoms with Crippen LogP contribution in [0.2, 0.25) is 5.02 Å². The number of hydrogen-bond donors (Lipinski definition) is 2. The van der Waals surface area contributed by atoms with Crippen molar-refractivity contribution in [1.29, 1.82) is 0 Å². The zero-order chi connectivity index (χ0) is 24.9. The van der Waals surface area contributed by atoms with Crippen molar-refractivity contribution < 1.29 is 24.6 Å². The Balaban J connectivity index is 1.90. The van der Waals surface area contributed by atoms with Crippen LogP contribution in [0, 0.1) is 24.7 Å². The lowest BCUT2D eigenvalue weighted by molar-refractivity contribution is -0.149. The number of aryl methyl sites for hydroxylation is 1. The van der Waals surface area contributed by atoms with Crippen LogP contribution in [0.5, 0.6) is 0 Å². The number of fused-ring (bicyclic) bond motifs is 1. The number of carbonyl (C=O) groups excluding carboxylic acids is 2. The number of carboxylic acid groups (broad SMARTS) is 1. The van der Waals surface area contributed by atoms with E-state index < -0.39 is 34.6 Å². The fourth-order valence-corrected chi connectivity index (χ4v) is 9.08. The predicted octanol–water partition coefficient (Wildman–Crippen LogP) is 3.36. The first-order chi connectivity index (χ1) is 16.1. The monoisotopic (exact) mass is 506 g/mol. The molecule has 1 aromatic carbocycles. The maximum Gasteiger partial charge on any atom is 0.308 e. The fraction of sp³-hybridized carbons (Fsp3) is 0.560. The van der Waals surface area contributed by atoms with Gasteiger partial charge in [0.15, 0.2) is 0 Å². The summed E-state index contributed by atoms with van der Waals surface area (Å²) in [6.07, 6.45) is 2.69. The number of likely N-dealkylation sites (tertiary alicyclic amines) is 1. The number of carboxylic acids is 1. The van der Waals surface area contributed by atoms with Crippen LogP contribution >= 0.6 is 23.4 Å². The highest BCUT2D eigenvalue weighted by atomic mass is 35.5. The third-order valence-electron chi connectivity index (χ3n) is 7.81. The van der Waals surface area contributed by atoms with Gasteiger partial charge in [-0.05, 0) is 37.3 Å². The number of nitrogens with zero attached hydrogens (tertiary/aromatic N) is 2. The van der Waals surface area contributed by atoms with Gasteiger partial charge in [-0.15, -0.1) is 18.3 Å². The van der Waals surface area contributed by atoms with Crippen molar-refractivity contribution in [3.8, 4) is 0 Å². The fourth-order valence-electron chi connectivity index (χ4n) is 6.36. The molecule has 2 N–H and O–H groups in total. The molecule has 3 aliphatic rings. The molecule has 3 unspecified atom stereocenters. The van der Waals surface area contributed by atoms with Gasteiger partial charge in [-0.2, -0.15) is 0 Å². The molecule has 4 rings (SSSR count). The van der Waals surface area contributed by atoms with Gasteiger partial charge in [0.25, 0.3) is 5.91 Å². The summed E-state index contributed by atoms with van der Waals surface area (Å²) in [6, 6.07) is 3.90. The Bertz CT molecular complexity index is 1010. The molecule has 0 aliphatic carbocycles. The highest BCUT2D eigenvalue weighted by Gasteiger charge is 2.77. The Morgan fingerprint density at radius 1 is 1.44 bits per heavy atom. The van der Waals surface area contributed by atoms with Crippen LogP contribution in [0.15, 0.2) is 30.9 Å². The highest BCUT2D eigenvalue weighted by molar-refractivity contribution is 8.02. The molecular formula is C25H31ClN2O5S. The molecule has 1 aromatic rings. The minimum atomic E-state index is -1.00. The molecule has 9 heteroatoms. The number of aliphatic hydroxyl groups excluding tert-OH is 1. The first-order valence-corrected chi connectivity index (χ1v) is 12.9. The largest absolute Gasteiger partial charge is 0.481 e. The molecular weight excluding hydrogens is 476 g/mol. The zero-order valence-electron chi connectivity index (χ0n) is 19.6. The molecule has 7 atom stereocenters. The van der Waals surface area contributed by atoms with Crippen molar-refractivity contribution in [3.05, 3.63) is 41.4 Å². The number of amides is 2. The minimum Gasteiger partial charge on any atom is -0.481 e. The first-order valence-electron chi connectivity index (χ1n) is 11.7. The molecule has 1 spiro atoms. The standard InChI is InChI=1S/C25H31ClN2O5S/c1-5-10-27(20-13(3)8-7-9-16(20)26)23(31)21-25-14(4)11-17(34-25)18(24(32)33)19(25)22(30)28(21)15(6-2)12-29/h5,7-9,14-15,17-19,21,29H,1,6,10-12H2,2-4H3,(H,32,33)/t14?,15-,17-,18+,19-,21?,25?/m0/s1. The second-order valence-electron chi connectivity index (χ2n) is 9.52. The van der Waals surface area contributed by atoms with Gasteiger partial charge in [0, 0.05) is 11.8 Å². The summed E-state index contributed by atoms with van der Waals surface area (Å²) in [5.41, 5.74) is 1.36. The van der Waals surface area contributed by atoms with Gasteiger partial charge in [-0.3, -0.25) is 14.4 Å². The number of aliphatic hydroxyl groups is 1. The normalized spacial score (nSPS) is 32.6. The van der Waals surface area contributed by atoms with Gasteiger partial charge in [0.1, 0.15) is 6.04 Å². The molecule has 0 radical (unpaired) electrons. The third-order valence-corrected chi connectivity index (χ3v) is 10.2. The Morgan fingerprint density at radius 3 is 2.71 bits per heavy atom. The number of hydrogen-bond acceptors (Lipinski definition) is 5. The van der Waals surface area contributed by atoms with Crippen molar-refractivity contribution >= 4 is 46.8 Å². The van der Waals surface area contributed by atoms with Crippen LogP contribution in [-0.2, 0) is 14.4 Å². The van der Waals surface area contributed by atoms with E-state index in [-0.39, 0.29) is 36.1 Å². The number of halogens is 1. The topological polar surface area (TPSA) is 98.2 Å². The van der Waals surface area contributed by atoms with E-state index in [1.165, 1.54) is 16.7 Å². The van der Waals surface area contributed by atoms with Crippen molar-refractivity contribution in [2.75, 3.05) is 18.1 Å². The van der Waals surface area contributed by atoms with Gasteiger partial charge in [-0.1, -0.05) is 43.7 Å². The minimum absolute atomic E-state index is 0.0416. The van der Waals surface area contributed by atoms with Crippen LogP contribution in [0.3, 0.4) is 0 Å². The lowest BCUT2D eigenvalue weighted by Gasteiger charge is -2.42. The number of carbonyl (C=O) groups is 3. The molecule has 3 saturated heterocycles. The highest BCUT2D eigenvalue weighted by Crippen LogP contribution is 2.69. The van der Waals surface area contributed by atoms with Gasteiger partial charge in [-0.25, -0.2) is 0 Å². The van der Waals surface area contributed by atoms with Crippen LogP contribution in [0.4, 0.5) is 5.69 Å². The molecule has 7 nitrogen and oxygen atoms in total. The summed E-state index contributed by atoms with van der Waals surface area (Å²) >= 11 is 8.03. The number of thioether (sulfide) groups is 1. The Kier molecular flexibility index (Phi) is 6.79. The van der Waals surface area contributed by atoms with Crippen LogP contribution in [0.1, 0.15) is 32.3 Å². The number of rotatable bonds is 8. The summed E-state index contributed by atoms with van der Waals surface area (Å²) in [7, 11) is 0. The number of para-hydroxylation sites is 1. The number of aliphatic carboxylic acids is 1. The molecule has 184 valence electrons. The second-order valence-corrected chi connectivity index (χ2v) is 11.5. The predicted molar refractivity (Wildman–Crippen MR) is 133 cm³/mol. The summed E-state index contributed by atoms with van der Waals surface area (Å²) in [5.74, 6) is -3.36. The summed E-state index contributed by atoms with van der Waals surface area (Å²) in [5, 5.41) is 20.4. The molecule has 2 amide bonds. The van der Waals surface area contributed by atoms with Crippen LogP contribution in [-0.4, -0.2) is 68.1 Å². The molecule has 34 heavy (non-hydrogen) atoms. The lowest BCUT2D eigenvalue weighted by Crippen LogP contribution is -2.59. The van der Waals surface area contributed by atoms with Crippen LogP contribution in [0.25, 0.3) is 0 Å². The maximum atomic E-state index is 14.5. The van der Waals surface area contributed by atoms with Crippen molar-refractivity contribution in [2.24, 2.45) is 17.8 Å². The van der Waals surface area contributed by atoms with Gasteiger partial charge < -0.3 is 20.0 Å². The average molecular weight is 507 g/mol. The average Bonchev–Trinajstić information content (AvgIpc) is 3.38. The number of benzene rings is 1. The molecule has 0 aromatic heterocycles. The van der Waals surface area contributed by atoms with E-state index in [0.717, 1.165) is 5.56 Å². The van der Waals surface area contributed by atoms with E-state index in [1.807, 2.05) is 32.9 Å². The van der Waals surface area contributed by atoms with Gasteiger partial charge in [0.2, 0.25) is 5.91 Å². The second kappa shape index (κ2) is 9.21. The third kappa shape index (κ3) is 3.40.